The monoisotopic (exact) mass is 360 g/mol. The number of carboxylic acid groups (broad SMARTS) is 1. The third-order valence-electron chi connectivity index (χ3n) is 5.50. The van der Waals surface area contributed by atoms with Crippen molar-refractivity contribution in [2.24, 2.45) is 0 Å². The highest BCUT2D eigenvalue weighted by Gasteiger charge is 2.24. The molecule has 1 fully saturated rings. The Morgan fingerprint density at radius 2 is 1.92 bits per heavy atom. The summed E-state index contributed by atoms with van der Waals surface area (Å²) in [5, 5.41) is 8.96. The summed E-state index contributed by atoms with van der Waals surface area (Å²) in [6.45, 7) is 5.80. The minimum absolute atomic E-state index is 0.0589. The predicted octanol–water partition coefficient (Wildman–Crippen LogP) is 3.14. The summed E-state index contributed by atoms with van der Waals surface area (Å²) < 4.78 is 0. The second kappa shape index (κ2) is 9.72. The zero-order chi connectivity index (χ0) is 19.1. The molecule has 1 N–H and O–H groups in total. The number of carboxylic acids is 1. The van der Waals surface area contributed by atoms with Gasteiger partial charge >= 0.3 is 5.97 Å². The molecule has 1 amide bonds. The van der Waals surface area contributed by atoms with E-state index >= 15 is 0 Å². The lowest BCUT2D eigenvalue weighted by Gasteiger charge is -2.26. The fourth-order valence-corrected chi connectivity index (χ4v) is 3.70. The molecule has 1 aromatic rings. The van der Waals surface area contributed by atoms with E-state index in [-0.39, 0.29) is 24.4 Å². The zero-order valence-electron chi connectivity index (χ0n) is 16.3. The Kier molecular flexibility index (Phi) is 7.64. The maximum atomic E-state index is 12.7. The molecule has 1 aliphatic heterocycles. The highest BCUT2D eigenvalue weighted by atomic mass is 16.4. The third kappa shape index (κ3) is 5.84. The Balaban J connectivity index is 1.87. The van der Waals surface area contributed by atoms with E-state index in [1.54, 1.807) is 0 Å². The number of rotatable bonds is 7. The first kappa shape index (κ1) is 20.4. The third-order valence-corrected chi connectivity index (χ3v) is 5.50. The van der Waals surface area contributed by atoms with E-state index in [1.165, 1.54) is 11.1 Å². The number of amides is 1. The van der Waals surface area contributed by atoms with Gasteiger partial charge in [0.25, 0.3) is 0 Å². The lowest BCUT2D eigenvalue weighted by Crippen LogP contribution is -2.37. The van der Waals surface area contributed by atoms with Crippen molar-refractivity contribution in [2.45, 2.75) is 57.9 Å². The molecule has 5 nitrogen and oxygen atoms in total. The zero-order valence-corrected chi connectivity index (χ0v) is 16.3. The van der Waals surface area contributed by atoms with E-state index in [4.69, 9.17) is 5.11 Å². The predicted molar refractivity (Wildman–Crippen MR) is 103 cm³/mol. The van der Waals surface area contributed by atoms with Crippen LogP contribution < -0.4 is 0 Å². The van der Waals surface area contributed by atoms with Gasteiger partial charge in [-0.05, 0) is 49.8 Å². The molecule has 2 atom stereocenters. The van der Waals surface area contributed by atoms with Gasteiger partial charge in [-0.3, -0.25) is 14.5 Å². The molecule has 0 radical (unpaired) electrons. The Labute approximate surface area is 157 Å². The van der Waals surface area contributed by atoms with Crippen LogP contribution in [0.5, 0.6) is 0 Å². The van der Waals surface area contributed by atoms with Crippen LogP contribution in [0, 0.1) is 0 Å². The van der Waals surface area contributed by atoms with E-state index in [1.807, 2.05) is 16.8 Å². The molecule has 26 heavy (non-hydrogen) atoms. The van der Waals surface area contributed by atoms with Crippen LogP contribution in [0.1, 0.15) is 56.6 Å². The van der Waals surface area contributed by atoms with Gasteiger partial charge in [0.15, 0.2) is 0 Å². The van der Waals surface area contributed by atoms with Gasteiger partial charge in [-0.25, -0.2) is 0 Å². The number of carbonyl (C=O) groups excluding carboxylic acids is 1. The molecule has 0 aromatic heterocycles. The molecule has 1 aliphatic rings. The highest BCUT2D eigenvalue weighted by molar-refractivity contribution is 5.77. The average molecular weight is 360 g/mol. The first-order valence-corrected chi connectivity index (χ1v) is 9.69. The van der Waals surface area contributed by atoms with Crippen molar-refractivity contribution in [3.8, 4) is 0 Å². The Bertz CT molecular complexity index is 600. The molecule has 144 valence electrons. The van der Waals surface area contributed by atoms with E-state index in [9.17, 15) is 9.59 Å². The van der Waals surface area contributed by atoms with Crippen LogP contribution in [0.3, 0.4) is 0 Å². The van der Waals surface area contributed by atoms with Gasteiger partial charge < -0.3 is 10.0 Å². The van der Waals surface area contributed by atoms with Crippen LogP contribution in [0.15, 0.2) is 24.3 Å². The summed E-state index contributed by atoms with van der Waals surface area (Å²) in [5.41, 5.74) is 2.53. The van der Waals surface area contributed by atoms with Crippen LogP contribution in [0.25, 0.3) is 0 Å². The van der Waals surface area contributed by atoms with Crippen LogP contribution in [-0.4, -0.2) is 59.5 Å². The van der Waals surface area contributed by atoms with Gasteiger partial charge in [-0.1, -0.05) is 38.1 Å². The molecule has 1 saturated heterocycles. The number of carbonyl (C=O) groups is 2. The van der Waals surface area contributed by atoms with E-state index in [0.29, 0.717) is 6.42 Å². The van der Waals surface area contributed by atoms with Gasteiger partial charge in [0, 0.05) is 25.6 Å². The Hall–Kier alpha value is -1.88. The van der Waals surface area contributed by atoms with Crippen molar-refractivity contribution < 1.29 is 14.7 Å². The summed E-state index contributed by atoms with van der Waals surface area (Å²) in [5.74, 6) is -0.381. The Morgan fingerprint density at radius 1 is 1.23 bits per heavy atom. The van der Waals surface area contributed by atoms with E-state index < -0.39 is 5.97 Å². The van der Waals surface area contributed by atoms with E-state index in [0.717, 1.165) is 38.8 Å². The molecule has 2 unspecified atom stereocenters. The van der Waals surface area contributed by atoms with Gasteiger partial charge in [0.05, 0.1) is 6.54 Å². The number of aryl methyl sites for hydroxylation is 1. The topological polar surface area (TPSA) is 60.9 Å². The molecule has 0 aliphatic carbocycles. The average Bonchev–Trinajstić information content (AvgIpc) is 2.87. The molecule has 0 spiro atoms. The smallest absolute Gasteiger partial charge is 0.317 e. The second-order valence-corrected chi connectivity index (χ2v) is 7.47. The van der Waals surface area contributed by atoms with Crippen molar-refractivity contribution >= 4 is 11.9 Å². The second-order valence-electron chi connectivity index (χ2n) is 7.47. The largest absolute Gasteiger partial charge is 0.480 e. The number of nitrogens with zero attached hydrogens (tertiary/aromatic N) is 2. The van der Waals surface area contributed by atoms with Crippen LogP contribution in [0.2, 0.25) is 0 Å². The minimum Gasteiger partial charge on any atom is -0.480 e. The molecule has 1 aromatic carbocycles. The number of hydrogen-bond donors (Lipinski definition) is 1. The molecule has 1 heterocycles. The van der Waals surface area contributed by atoms with Crippen LogP contribution in [0.4, 0.5) is 0 Å². The number of likely N-dealkylation sites (tertiary alicyclic amines) is 1. The maximum absolute atomic E-state index is 12.7. The fourth-order valence-electron chi connectivity index (χ4n) is 3.70. The standard InChI is InChI=1S/C21H32N2O3/c1-4-17-7-9-18(10-8-17)16(2)14-20(24)23-12-5-6-19(11-13-23)22(3)15-21(25)26/h7-10,16,19H,4-6,11-15H2,1-3H3,(H,25,26). The summed E-state index contributed by atoms with van der Waals surface area (Å²) in [4.78, 5) is 27.5. The normalized spacial score (nSPS) is 19.2. The van der Waals surface area contributed by atoms with E-state index in [2.05, 4.69) is 38.1 Å². The molecule has 5 heteroatoms. The molecule has 0 saturated carbocycles. The molecular formula is C21H32N2O3. The van der Waals surface area contributed by atoms with Gasteiger partial charge in [0.1, 0.15) is 0 Å². The summed E-state index contributed by atoms with van der Waals surface area (Å²) in [6, 6.07) is 8.80. The van der Waals surface area contributed by atoms with Crippen molar-refractivity contribution in [1.29, 1.82) is 0 Å². The first-order chi connectivity index (χ1) is 12.4. The lowest BCUT2D eigenvalue weighted by atomic mass is 9.95. The Morgan fingerprint density at radius 3 is 2.54 bits per heavy atom. The number of likely N-dealkylation sites (N-methyl/N-ethyl adjacent to an activating group) is 1. The van der Waals surface area contributed by atoms with Crippen molar-refractivity contribution in [3.63, 3.8) is 0 Å². The maximum Gasteiger partial charge on any atom is 0.317 e. The van der Waals surface area contributed by atoms with Crippen molar-refractivity contribution in [2.75, 3.05) is 26.7 Å². The van der Waals surface area contributed by atoms with Crippen LogP contribution in [-0.2, 0) is 16.0 Å². The molecule has 0 bridgehead atoms. The van der Waals surface area contributed by atoms with Gasteiger partial charge in [-0.2, -0.15) is 0 Å². The lowest BCUT2D eigenvalue weighted by molar-refractivity contribution is -0.138. The summed E-state index contributed by atoms with van der Waals surface area (Å²) >= 11 is 0. The fraction of sp³-hybridized carbons (Fsp3) is 0.619. The highest BCUT2D eigenvalue weighted by Crippen LogP contribution is 2.23. The van der Waals surface area contributed by atoms with Crippen molar-refractivity contribution in [1.82, 2.24) is 9.80 Å². The SMILES string of the molecule is CCc1ccc(C(C)CC(=O)N2CCCC(N(C)CC(=O)O)CC2)cc1. The molecule has 2 rings (SSSR count). The summed E-state index contributed by atoms with van der Waals surface area (Å²) in [6.07, 6.45) is 4.27. The van der Waals surface area contributed by atoms with Crippen molar-refractivity contribution in [3.05, 3.63) is 35.4 Å². The minimum atomic E-state index is -0.799. The number of hydrogen-bond acceptors (Lipinski definition) is 3. The first-order valence-electron chi connectivity index (χ1n) is 9.69. The summed E-state index contributed by atoms with van der Waals surface area (Å²) in [7, 11) is 1.86. The number of benzene rings is 1. The van der Waals surface area contributed by atoms with Gasteiger partial charge in [-0.15, -0.1) is 0 Å². The molecular weight excluding hydrogens is 328 g/mol. The quantitative estimate of drug-likeness (QED) is 0.811. The number of aliphatic carboxylic acids is 1. The van der Waals surface area contributed by atoms with Crippen LogP contribution >= 0.6 is 0 Å². The van der Waals surface area contributed by atoms with Gasteiger partial charge in [0.2, 0.25) is 5.91 Å².